The van der Waals surface area contributed by atoms with Gasteiger partial charge in [0.15, 0.2) is 12.4 Å². The number of carbonyl (C=O) groups is 1. The summed E-state index contributed by atoms with van der Waals surface area (Å²) in [6.45, 7) is 0.666. The molecule has 1 atom stereocenters. The van der Waals surface area contributed by atoms with Crippen LogP contribution in [-0.2, 0) is 4.79 Å². The Morgan fingerprint density at radius 1 is 1.32 bits per heavy atom. The lowest BCUT2D eigenvalue weighted by Crippen LogP contribution is -2.34. The third-order valence-electron chi connectivity index (χ3n) is 4.66. The first-order valence-corrected chi connectivity index (χ1v) is 8.64. The lowest BCUT2D eigenvalue weighted by atomic mass is 10.2. The van der Waals surface area contributed by atoms with Crippen LogP contribution in [0.25, 0.3) is 0 Å². The van der Waals surface area contributed by atoms with Crippen molar-refractivity contribution in [1.29, 1.82) is 0 Å². The van der Waals surface area contributed by atoms with E-state index in [4.69, 9.17) is 14.0 Å². The van der Waals surface area contributed by atoms with Gasteiger partial charge >= 0.3 is 0 Å². The summed E-state index contributed by atoms with van der Waals surface area (Å²) >= 11 is 0. The van der Waals surface area contributed by atoms with Crippen LogP contribution in [0, 0.1) is 0 Å². The predicted molar refractivity (Wildman–Crippen MR) is 88.5 cm³/mol. The number of hydrogen-bond acceptors (Lipinski definition) is 6. The molecule has 25 heavy (non-hydrogen) atoms. The fraction of sp³-hybridized carbons (Fsp3) is 0.500. The number of rotatable bonds is 6. The summed E-state index contributed by atoms with van der Waals surface area (Å²) in [5, 5.41) is 4.06. The largest absolute Gasteiger partial charge is 0.497 e. The highest BCUT2D eigenvalue weighted by molar-refractivity contribution is 5.78. The Morgan fingerprint density at radius 2 is 2.16 bits per heavy atom. The van der Waals surface area contributed by atoms with Crippen molar-refractivity contribution in [2.24, 2.45) is 0 Å². The fourth-order valence-corrected chi connectivity index (χ4v) is 3.13. The van der Waals surface area contributed by atoms with Crippen molar-refractivity contribution < 1.29 is 18.8 Å². The second-order valence-electron chi connectivity index (χ2n) is 6.48. The third-order valence-corrected chi connectivity index (χ3v) is 4.66. The van der Waals surface area contributed by atoms with Crippen molar-refractivity contribution in [3.63, 3.8) is 0 Å². The predicted octanol–water partition coefficient (Wildman–Crippen LogP) is 2.70. The monoisotopic (exact) mass is 343 g/mol. The van der Waals surface area contributed by atoms with Crippen LogP contribution in [0.3, 0.4) is 0 Å². The molecule has 0 radical (unpaired) electrons. The summed E-state index contributed by atoms with van der Waals surface area (Å²) in [4.78, 5) is 18.9. The van der Waals surface area contributed by atoms with Crippen LogP contribution in [0.4, 0.5) is 0 Å². The minimum Gasteiger partial charge on any atom is -0.497 e. The number of amides is 1. The van der Waals surface area contributed by atoms with E-state index in [2.05, 4.69) is 10.1 Å². The smallest absolute Gasteiger partial charge is 0.261 e. The average Bonchev–Trinajstić information content (AvgIpc) is 3.18. The van der Waals surface area contributed by atoms with Crippen LogP contribution in [0.1, 0.15) is 49.4 Å². The van der Waals surface area contributed by atoms with Gasteiger partial charge in [0.25, 0.3) is 5.91 Å². The number of carbonyl (C=O) groups excluding carboxylic acids is 1. The second kappa shape index (κ2) is 6.74. The summed E-state index contributed by atoms with van der Waals surface area (Å²) in [6.07, 6.45) is 4.02. The molecule has 0 N–H and O–H groups in total. The van der Waals surface area contributed by atoms with E-state index >= 15 is 0 Å². The Labute approximate surface area is 145 Å². The van der Waals surface area contributed by atoms with Crippen LogP contribution in [0.5, 0.6) is 11.5 Å². The van der Waals surface area contributed by atoms with Crippen LogP contribution in [-0.4, -0.2) is 41.2 Å². The SMILES string of the molecule is COc1cccc(OCC(=O)N2CCCC2c2nc(C3CC3)no2)c1. The number of ether oxygens (including phenoxy) is 2. The molecule has 1 unspecified atom stereocenters. The Bertz CT molecular complexity index is 756. The minimum atomic E-state index is -0.138. The molecule has 1 aliphatic carbocycles. The van der Waals surface area contributed by atoms with Gasteiger partial charge in [0.2, 0.25) is 5.89 Å². The van der Waals surface area contributed by atoms with E-state index in [1.807, 2.05) is 12.1 Å². The van der Waals surface area contributed by atoms with Crippen molar-refractivity contribution >= 4 is 5.91 Å². The van der Waals surface area contributed by atoms with Gasteiger partial charge in [-0.05, 0) is 37.8 Å². The van der Waals surface area contributed by atoms with Gasteiger partial charge in [-0.2, -0.15) is 4.98 Å². The van der Waals surface area contributed by atoms with E-state index in [0.29, 0.717) is 29.9 Å². The molecule has 1 amide bonds. The standard InChI is InChI=1S/C18H21N3O4/c1-23-13-4-2-5-14(10-13)24-11-16(22)21-9-3-6-15(21)18-19-17(20-25-18)12-7-8-12/h2,4-5,10,12,15H,3,6-9,11H2,1H3. The normalized spacial score (nSPS) is 19.9. The second-order valence-corrected chi connectivity index (χ2v) is 6.48. The molecule has 0 spiro atoms. The van der Waals surface area contributed by atoms with E-state index in [-0.39, 0.29) is 18.6 Å². The molecule has 4 rings (SSSR count). The lowest BCUT2D eigenvalue weighted by molar-refractivity contribution is -0.134. The van der Waals surface area contributed by atoms with Crippen molar-refractivity contribution in [2.75, 3.05) is 20.3 Å². The molecule has 132 valence electrons. The number of likely N-dealkylation sites (tertiary alicyclic amines) is 1. The summed E-state index contributed by atoms with van der Waals surface area (Å²) < 4.78 is 16.2. The van der Waals surface area contributed by atoms with Crippen LogP contribution in [0.2, 0.25) is 0 Å². The minimum absolute atomic E-state index is 0.0205. The number of benzene rings is 1. The van der Waals surface area contributed by atoms with E-state index < -0.39 is 0 Å². The van der Waals surface area contributed by atoms with E-state index in [9.17, 15) is 4.79 Å². The number of aromatic nitrogens is 2. The maximum Gasteiger partial charge on any atom is 0.261 e. The molecule has 2 fully saturated rings. The van der Waals surface area contributed by atoms with Gasteiger partial charge in [0.05, 0.1) is 7.11 Å². The zero-order chi connectivity index (χ0) is 17.2. The molecule has 1 aliphatic heterocycles. The van der Waals surface area contributed by atoms with Gasteiger partial charge in [-0.3, -0.25) is 4.79 Å². The van der Waals surface area contributed by atoms with Gasteiger partial charge < -0.3 is 18.9 Å². The molecule has 7 nitrogen and oxygen atoms in total. The Morgan fingerprint density at radius 3 is 2.96 bits per heavy atom. The van der Waals surface area contributed by atoms with Crippen LogP contribution in [0.15, 0.2) is 28.8 Å². The van der Waals surface area contributed by atoms with E-state index in [1.54, 1.807) is 24.1 Å². The third kappa shape index (κ3) is 3.45. The molecule has 1 aromatic carbocycles. The van der Waals surface area contributed by atoms with Gasteiger partial charge in [0.1, 0.15) is 17.5 Å². The summed E-state index contributed by atoms with van der Waals surface area (Å²) in [5.74, 6) is 3.01. The fourth-order valence-electron chi connectivity index (χ4n) is 3.13. The molecular weight excluding hydrogens is 322 g/mol. The van der Waals surface area contributed by atoms with Crippen molar-refractivity contribution in [2.45, 2.75) is 37.6 Å². The Kier molecular flexibility index (Phi) is 4.29. The molecule has 7 heteroatoms. The average molecular weight is 343 g/mol. The zero-order valence-corrected chi connectivity index (χ0v) is 14.2. The highest BCUT2D eigenvalue weighted by Crippen LogP contribution is 2.39. The maximum atomic E-state index is 12.6. The van der Waals surface area contributed by atoms with E-state index in [0.717, 1.165) is 31.5 Å². The van der Waals surface area contributed by atoms with Crippen molar-refractivity contribution in [3.8, 4) is 11.5 Å². The molecule has 0 bridgehead atoms. The van der Waals surface area contributed by atoms with Gasteiger partial charge in [-0.25, -0.2) is 0 Å². The van der Waals surface area contributed by atoms with Gasteiger partial charge in [-0.1, -0.05) is 11.2 Å². The number of nitrogens with zero attached hydrogens (tertiary/aromatic N) is 3. The highest BCUT2D eigenvalue weighted by atomic mass is 16.5. The Balaban J connectivity index is 1.39. The highest BCUT2D eigenvalue weighted by Gasteiger charge is 2.36. The molecule has 1 saturated carbocycles. The molecule has 2 aliphatic rings. The number of hydrogen-bond donors (Lipinski definition) is 0. The van der Waals surface area contributed by atoms with Crippen molar-refractivity contribution in [3.05, 3.63) is 36.0 Å². The molecule has 2 heterocycles. The van der Waals surface area contributed by atoms with Crippen LogP contribution >= 0.6 is 0 Å². The molecular formula is C18H21N3O4. The summed E-state index contributed by atoms with van der Waals surface area (Å²) in [6, 6.07) is 7.08. The quantitative estimate of drug-likeness (QED) is 0.802. The number of methoxy groups -OCH3 is 1. The van der Waals surface area contributed by atoms with Crippen LogP contribution < -0.4 is 9.47 Å². The van der Waals surface area contributed by atoms with Gasteiger partial charge in [-0.15, -0.1) is 0 Å². The Hall–Kier alpha value is -2.57. The summed E-state index contributed by atoms with van der Waals surface area (Å²) in [5.41, 5.74) is 0. The molecule has 1 aromatic heterocycles. The zero-order valence-electron chi connectivity index (χ0n) is 14.2. The summed E-state index contributed by atoms with van der Waals surface area (Å²) in [7, 11) is 1.60. The first-order chi connectivity index (χ1) is 12.2. The molecule has 1 saturated heterocycles. The maximum absolute atomic E-state index is 12.6. The van der Waals surface area contributed by atoms with Gasteiger partial charge in [0, 0.05) is 18.5 Å². The van der Waals surface area contributed by atoms with Crippen molar-refractivity contribution in [1.82, 2.24) is 15.0 Å². The molecule has 2 aromatic rings. The van der Waals surface area contributed by atoms with E-state index in [1.165, 1.54) is 0 Å². The topological polar surface area (TPSA) is 77.7 Å². The first kappa shape index (κ1) is 15.9. The first-order valence-electron chi connectivity index (χ1n) is 8.64. The lowest BCUT2D eigenvalue weighted by Gasteiger charge is -2.21.